The fourth-order valence-electron chi connectivity index (χ4n) is 3.54. The van der Waals surface area contributed by atoms with Crippen LogP contribution >= 0.6 is 0 Å². The first-order valence-electron chi connectivity index (χ1n) is 9.16. The molecule has 1 aliphatic carbocycles. The van der Waals surface area contributed by atoms with Crippen LogP contribution in [0.2, 0.25) is 0 Å². The Kier molecular flexibility index (Phi) is 4.81. The molecule has 1 aliphatic heterocycles. The molecule has 0 bridgehead atoms. The van der Waals surface area contributed by atoms with E-state index in [1.165, 1.54) is 24.8 Å². The summed E-state index contributed by atoms with van der Waals surface area (Å²) in [5.41, 5.74) is 1.43. The third kappa shape index (κ3) is 3.97. The second kappa shape index (κ2) is 7.37. The molecule has 0 unspecified atom stereocenters. The minimum atomic E-state index is 0.561. The Hall–Kier alpha value is -1.84. The Balaban J connectivity index is 1.48. The maximum absolute atomic E-state index is 5.93. The quantitative estimate of drug-likeness (QED) is 0.861. The molecule has 1 N–H and O–H groups in total. The summed E-state index contributed by atoms with van der Waals surface area (Å²) in [4.78, 5) is 2.65. The molecule has 0 radical (unpaired) electrons. The molecule has 126 valence electrons. The molecule has 2 aliphatic rings. The van der Waals surface area contributed by atoms with Crippen LogP contribution in [0, 0.1) is 5.92 Å². The molecular weight excluding hydrogens is 296 g/mol. The monoisotopic (exact) mass is 322 g/mol. The zero-order chi connectivity index (χ0) is 16.2. The lowest BCUT2D eigenvalue weighted by Gasteiger charge is -2.35. The lowest BCUT2D eigenvalue weighted by molar-refractivity contribution is 0.160. The standard InChI is InChI=1S/C21H26N2O/c1-2-4-19(5-3-1)24-20-10-8-18(9-11-20)21(16-17-6-7-17)23-14-12-22-13-15-23/h1-5,8-11,17,21-22H,6-7,12-16H2/t21-/m0/s1. The lowest BCUT2D eigenvalue weighted by atomic mass is 9.98. The summed E-state index contributed by atoms with van der Waals surface area (Å²) in [5.74, 6) is 2.74. The van der Waals surface area contributed by atoms with Crippen LogP contribution in [0.3, 0.4) is 0 Å². The number of piperazine rings is 1. The summed E-state index contributed by atoms with van der Waals surface area (Å²) >= 11 is 0. The highest BCUT2D eigenvalue weighted by Crippen LogP contribution is 2.40. The molecular formula is C21H26N2O. The normalized spacial score (nSPS) is 19.8. The van der Waals surface area contributed by atoms with Crippen LogP contribution in [0.25, 0.3) is 0 Å². The Morgan fingerprint density at radius 2 is 1.58 bits per heavy atom. The molecule has 1 atom stereocenters. The molecule has 1 saturated carbocycles. The summed E-state index contributed by atoms with van der Waals surface area (Å²) < 4.78 is 5.93. The van der Waals surface area contributed by atoms with E-state index in [-0.39, 0.29) is 0 Å². The van der Waals surface area contributed by atoms with Gasteiger partial charge in [0.05, 0.1) is 0 Å². The van der Waals surface area contributed by atoms with E-state index in [9.17, 15) is 0 Å². The highest BCUT2D eigenvalue weighted by atomic mass is 16.5. The molecule has 2 fully saturated rings. The van der Waals surface area contributed by atoms with E-state index in [1.807, 2.05) is 30.3 Å². The zero-order valence-electron chi connectivity index (χ0n) is 14.2. The van der Waals surface area contributed by atoms with Crippen molar-refractivity contribution in [1.29, 1.82) is 0 Å². The summed E-state index contributed by atoms with van der Waals surface area (Å²) in [7, 11) is 0. The van der Waals surface area contributed by atoms with Gasteiger partial charge in [-0.1, -0.05) is 43.2 Å². The van der Waals surface area contributed by atoms with Gasteiger partial charge in [0.2, 0.25) is 0 Å². The molecule has 2 aromatic carbocycles. The van der Waals surface area contributed by atoms with Crippen LogP contribution in [0.15, 0.2) is 54.6 Å². The average Bonchev–Trinajstić information content (AvgIpc) is 3.46. The van der Waals surface area contributed by atoms with Crippen LogP contribution in [0.1, 0.15) is 30.9 Å². The van der Waals surface area contributed by atoms with Crippen molar-refractivity contribution in [3.63, 3.8) is 0 Å². The van der Waals surface area contributed by atoms with Crippen molar-refractivity contribution in [2.24, 2.45) is 5.92 Å². The molecule has 1 heterocycles. The van der Waals surface area contributed by atoms with E-state index in [0.717, 1.165) is 43.6 Å². The fourth-order valence-corrected chi connectivity index (χ4v) is 3.54. The van der Waals surface area contributed by atoms with Gasteiger partial charge in [0.1, 0.15) is 11.5 Å². The number of nitrogens with one attached hydrogen (secondary N) is 1. The fraction of sp³-hybridized carbons (Fsp3) is 0.429. The SMILES string of the molecule is c1ccc(Oc2ccc([C@H](CC3CC3)N3CCNCC3)cc2)cc1. The van der Waals surface area contributed by atoms with Gasteiger partial charge in [-0.25, -0.2) is 0 Å². The molecule has 0 aromatic heterocycles. The van der Waals surface area contributed by atoms with E-state index in [2.05, 4.69) is 34.5 Å². The van der Waals surface area contributed by atoms with Crippen molar-refractivity contribution in [1.82, 2.24) is 10.2 Å². The van der Waals surface area contributed by atoms with Crippen LogP contribution < -0.4 is 10.1 Å². The van der Waals surface area contributed by atoms with E-state index in [1.54, 1.807) is 0 Å². The number of hydrogen-bond acceptors (Lipinski definition) is 3. The van der Waals surface area contributed by atoms with Crippen LogP contribution in [-0.4, -0.2) is 31.1 Å². The molecule has 4 rings (SSSR count). The van der Waals surface area contributed by atoms with Crippen LogP contribution in [0.5, 0.6) is 11.5 Å². The van der Waals surface area contributed by atoms with Crippen molar-refractivity contribution in [3.8, 4) is 11.5 Å². The van der Waals surface area contributed by atoms with Crippen molar-refractivity contribution in [2.75, 3.05) is 26.2 Å². The number of hydrogen-bond donors (Lipinski definition) is 1. The highest BCUT2D eigenvalue weighted by Gasteiger charge is 2.30. The number of benzene rings is 2. The summed E-state index contributed by atoms with van der Waals surface area (Å²) in [5, 5.41) is 3.46. The Morgan fingerprint density at radius 1 is 0.917 bits per heavy atom. The Bertz CT molecular complexity index is 631. The maximum atomic E-state index is 5.93. The minimum Gasteiger partial charge on any atom is -0.457 e. The van der Waals surface area contributed by atoms with Crippen LogP contribution in [-0.2, 0) is 0 Å². The Labute approximate surface area is 144 Å². The highest BCUT2D eigenvalue weighted by molar-refractivity contribution is 5.34. The largest absolute Gasteiger partial charge is 0.457 e. The first-order valence-corrected chi connectivity index (χ1v) is 9.16. The Morgan fingerprint density at radius 3 is 2.25 bits per heavy atom. The van der Waals surface area contributed by atoms with Crippen LogP contribution in [0.4, 0.5) is 0 Å². The maximum Gasteiger partial charge on any atom is 0.127 e. The van der Waals surface area contributed by atoms with Crippen molar-refractivity contribution in [3.05, 3.63) is 60.2 Å². The van der Waals surface area contributed by atoms with E-state index >= 15 is 0 Å². The molecule has 3 heteroatoms. The second-order valence-electron chi connectivity index (χ2n) is 6.96. The molecule has 0 spiro atoms. The van der Waals surface area contributed by atoms with Gasteiger partial charge < -0.3 is 10.1 Å². The first kappa shape index (κ1) is 15.7. The minimum absolute atomic E-state index is 0.561. The van der Waals surface area contributed by atoms with Gasteiger partial charge in [-0.15, -0.1) is 0 Å². The van der Waals surface area contributed by atoms with Gasteiger partial charge in [0, 0.05) is 32.2 Å². The third-order valence-electron chi connectivity index (χ3n) is 5.09. The number of nitrogens with zero attached hydrogens (tertiary/aromatic N) is 1. The molecule has 0 amide bonds. The number of para-hydroxylation sites is 1. The van der Waals surface area contributed by atoms with Gasteiger partial charge in [-0.05, 0) is 42.2 Å². The van der Waals surface area contributed by atoms with Gasteiger partial charge in [-0.2, -0.15) is 0 Å². The van der Waals surface area contributed by atoms with Gasteiger partial charge in [0.15, 0.2) is 0 Å². The van der Waals surface area contributed by atoms with E-state index in [4.69, 9.17) is 4.74 Å². The van der Waals surface area contributed by atoms with Crippen molar-refractivity contribution in [2.45, 2.75) is 25.3 Å². The predicted octanol–water partition coefficient (Wildman–Crippen LogP) is 4.23. The van der Waals surface area contributed by atoms with Crippen molar-refractivity contribution >= 4 is 0 Å². The van der Waals surface area contributed by atoms with Crippen molar-refractivity contribution < 1.29 is 4.74 Å². The molecule has 24 heavy (non-hydrogen) atoms. The average molecular weight is 322 g/mol. The molecule has 3 nitrogen and oxygen atoms in total. The molecule has 2 aromatic rings. The number of rotatable bonds is 6. The van der Waals surface area contributed by atoms with Gasteiger partial charge in [0.25, 0.3) is 0 Å². The summed E-state index contributed by atoms with van der Waals surface area (Å²) in [6.45, 7) is 4.52. The topological polar surface area (TPSA) is 24.5 Å². The molecule has 1 saturated heterocycles. The predicted molar refractivity (Wildman–Crippen MR) is 97.5 cm³/mol. The van der Waals surface area contributed by atoms with Gasteiger partial charge in [-0.3, -0.25) is 4.90 Å². The second-order valence-corrected chi connectivity index (χ2v) is 6.96. The first-order chi connectivity index (χ1) is 11.9. The summed E-state index contributed by atoms with van der Waals surface area (Å²) in [6, 6.07) is 19.3. The van der Waals surface area contributed by atoms with E-state index < -0.39 is 0 Å². The third-order valence-corrected chi connectivity index (χ3v) is 5.09. The number of ether oxygens (including phenoxy) is 1. The zero-order valence-corrected chi connectivity index (χ0v) is 14.2. The summed E-state index contributed by atoms with van der Waals surface area (Å²) in [6.07, 6.45) is 4.13. The smallest absolute Gasteiger partial charge is 0.127 e. The lowest BCUT2D eigenvalue weighted by Crippen LogP contribution is -2.45. The van der Waals surface area contributed by atoms with Gasteiger partial charge >= 0.3 is 0 Å². The van der Waals surface area contributed by atoms with E-state index in [0.29, 0.717) is 6.04 Å².